The Labute approximate surface area is 117 Å². The molecule has 4 nitrogen and oxygen atoms in total. The third-order valence-electron chi connectivity index (χ3n) is 3.63. The zero-order valence-corrected chi connectivity index (χ0v) is 12.0. The van der Waals surface area contributed by atoms with Gasteiger partial charge in [0.2, 0.25) is 5.91 Å². The third-order valence-corrected chi connectivity index (χ3v) is 4.33. The lowest BCUT2D eigenvalue weighted by Crippen LogP contribution is -2.43. The molecule has 0 spiro atoms. The van der Waals surface area contributed by atoms with Gasteiger partial charge in [0.1, 0.15) is 0 Å². The van der Waals surface area contributed by atoms with Gasteiger partial charge in [-0.2, -0.15) is 11.3 Å². The van der Waals surface area contributed by atoms with E-state index in [1.54, 1.807) is 4.90 Å². The molecule has 0 aromatic carbocycles. The minimum Gasteiger partial charge on any atom is -0.481 e. The van der Waals surface area contributed by atoms with Gasteiger partial charge >= 0.3 is 5.97 Å². The van der Waals surface area contributed by atoms with Crippen molar-refractivity contribution in [3.8, 4) is 0 Å². The lowest BCUT2D eigenvalue weighted by atomic mass is 9.90. The molecule has 0 saturated carbocycles. The van der Waals surface area contributed by atoms with Crippen LogP contribution in [-0.2, 0) is 9.59 Å². The van der Waals surface area contributed by atoms with Crippen LogP contribution >= 0.6 is 11.3 Å². The molecular formula is C14H19NO3S. The number of hydrogen-bond donors (Lipinski definition) is 1. The van der Waals surface area contributed by atoms with Crippen molar-refractivity contribution >= 4 is 23.2 Å². The fourth-order valence-corrected chi connectivity index (χ4v) is 3.50. The number of carboxylic acids is 1. The van der Waals surface area contributed by atoms with Crippen molar-refractivity contribution < 1.29 is 14.7 Å². The zero-order chi connectivity index (χ0) is 14.0. The van der Waals surface area contributed by atoms with Crippen molar-refractivity contribution in [2.75, 3.05) is 0 Å². The Morgan fingerprint density at radius 1 is 1.53 bits per heavy atom. The maximum Gasteiger partial charge on any atom is 0.308 e. The molecule has 2 rings (SSSR count). The summed E-state index contributed by atoms with van der Waals surface area (Å²) >= 11 is 1.54. The van der Waals surface area contributed by atoms with Gasteiger partial charge < -0.3 is 10.0 Å². The number of amides is 1. The van der Waals surface area contributed by atoms with E-state index in [4.69, 9.17) is 0 Å². The highest BCUT2D eigenvalue weighted by molar-refractivity contribution is 7.08. The Morgan fingerprint density at radius 2 is 2.26 bits per heavy atom. The summed E-state index contributed by atoms with van der Waals surface area (Å²) in [7, 11) is 0. The molecule has 1 N–H and O–H groups in total. The molecule has 1 aliphatic rings. The first kappa shape index (κ1) is 14.1. The topological polar surface area (TPSA) is 57.6 Å². The molecule has 104 valence electrons. The fraction of sp³-hybridized carbons (Fsp3) is 0.571. The summed E-state index contributed by atoms with van der Waals surface area (Å²) in [5, 5.41) is 13.4. The van der Waals surface area contributed by atoms with Gasteiger partial charge in [-0.3, -0.25) is 9.59 Å². The van der Waals surface area contributed by atoms with Crippen molar-refractivity contribution in [3.63, 3.8) is 0 Å². The quantitative estimate of drug-likeness (QED) is 0.926. The first-order valence-electron chi connectivity index (χ1n) is 6.58. The molecule has 19 heavy (non-hydrogen) atoms. The number of carbonyl (C=O) groups is 2. The monoisotopic (exact) mass is 281 g/mol. The van der Waals surface area contributed by atoms with Gasteiger partial charge in [-0.15, -0.1) is 0 Å². The van der Waals surface area contributed by atoms with Crippen LogP contribution in [0.25, 0.3) is 0 Å². The van der Waals surface area contributed by atoms with E-state index >= 15 is 0 Å². The Morgan fingerprint density at radius 3 is 2.79 bits per heavy atom. The van der Waals surface area contributed by atoms with E-state index in [-0.39, 0.29) is 18.0 Å². The summed E-state index contributed by atoms with van der Waals surface area (Å²) in [5.74, 6) is -1.25. The maximum absolute atomic E-state index is 12.3. The van der Waals surface area contributed by atoms with E-state index in [0.29, 0.717) is 19.3 Å². The van der Waals surface area contributed by atoms with Crippen LogP contribution in [-0.4, -0.2) is 27.9 Å². The van der Waals surface area contributed by atoms with Gasteiger partial charge in [-0.1, -0.05) is 0 Å². The molecule has 1 saturated heterocycles. The standard InChI is InChI=1S/C14H19NO3S/c1-9(2)15-12(16)5-3-4-11(14(17)18)13(15)10-6-7-19-8-10/h6-9,11,13H,3-5H2,1-2H3,(H,17,18). The number of nitrogens with zero attached hydrogens (tertiary/aromatic N) is 1. The van der Waals surface area contributed by atoms with Crippen molar-refractivity contribution in [3.05, 3.63) is 22.4 Å². The molecule has 1 fully saturated rings. The molecule has 2 heterocycles. The summed E-state index contributed by atoms with van der Waals surface area (Å²) < 4.78 is 0. The molecule has 2 unspecified atom stereocenters. The third kappa shape index (κ3) is 2.81. The molecule has 0 bridgehead atoms. The second kappa shape index (κ2) is 5.74. The Hall–Kier alpha value is -1.36. The van der Waals surface area contributed by atoms with E-state index in [0.717, 1.165) is 5.56 Å². The Bertz CT molecular complexity index is 455. The van der Waals surface area contributed by atoms with Crippen molar-refractivity contribution in [1.29, 1.82) is 0 Å². The van der Waals surface area contributed by atoms with Gasteiger partial charge in [-0.05, 0) is 49.1 Å². The molecule has 1 aromatic heterocycles. The minimum absolute atomic E-state index is 0.0114. The molecule has 1 aliphatic heterocycles. The normalized spacial score (nSPS) is 24.6. The summed E-state index contributed by atoms with van der Waals surface area (Å²) in [6.07, 6.45) is 1.66. The highest BCUT2D eigenvalue weighted by atomic mass is 32.1. The Kier molecular flexibility index (Phi) is 4.24. The largest absolute Gasteiger partial charge is 0.481 e. The maximum atomic E-state index is 12.3. The van der Waals surface area contributed by atoms with Crippen molar-refractivity contribution in [1.82, 2.24) is 4.90 Å². The van der Waals surface area contributed by atoms with Crippen LogP contribution in [0.5, 0.6) is 0 Å². The number of likely N-dealkylation sites (tertiary alicyclic amines) is 1. The van der Waals surface area contributed by atoms with Crippen LogP contribution in [0.1, 0.15) is 44.7 Å². The summed E-state index contributed by atoms with van der Waals surface area (Å²) in [6.45, 7) is 3.89. The average Bonchev–Trinajstić information content (AvgIpc) is 2.78. The number of aliphatic carboxylic acids is 1. The van der Waals surface area contributed by atoms with E-state index in [9.17, 15) is 14.7 Å². The fourth-order valence-electron chi connectivity index (χ4n) is 2.81. The molecule has 0 aliphatic carbocycles. The van der Waals surface area contributed by atoms with E-state index < -0.39 is 11.9 Å². The Balaban J connectivity index is 2.45. The molecule has 2 atom stereocenters. The number of hydrogen-bond acceptors (Lipinski definition) is 3. The summed E-state index contributed by atoms with van der Waals surface area (Å²) in [6, 6.07) is 1.61. The highest BCUT2D eigenvalue weighted by Gasteiger charge is 2.39. The van der Waals surface area contributed by atoms with Crippen molar-refractivity contribution in [2.45, 2.75) is 45.2 Å². The first-order chi connectivity index (χ1) is 9.02. The van der Waals surface area contributed by atoms with Crippen LogP contribution in [0, 0.1) is 5.92 Å². The summed E-state index contributed by atoms with van der Waals surface area (Å²) in [4.78, 5) is 25.6. The van der Waals surface area contributed by atoms with Crippen LogP contribution in [0.3, 0.4) is 0 Å². The smallest absolute Gasteiger partial charge is 0.308 e. The number of rotatable bonds is 3. The minimum atomic E-state index is -0.809. The molecular weight excluding hydrogens is 262 g/mol. The molecule has 1 amide bonds. The summed E-state index contributed by atoms with van der Waals surface area (Å²) in [5.41, 5.74) is 0.946. The van der Waals surface area contributed by atoms with Crippen LogP contribution in [0.15, 0.2) is 16.8 Å². The van der Waals surface area contributed by atoms with Gasteiger partial charge in [0, 0.05) is 12.5 Å². The van der Waals surface area contributed by atoms with Crippen molar-refractivity contribution in [2.24, 2.45) is 5.92 Å². The second-order valence-electron chi connectivity index (χ2n) is 5.23. The lowest BCUT2D eigenvalue weighted by molar-refractivity contribution is -0.146. The molecule has 0 radical (unpaired) electrons. The number of carbonyl (C=O) groups excluding carboxylic acids is 1. The number of thiophene rings is 1. The highest BCUT2D eigenvalue weighted by Crippen LogP contribution is 2.37. The first-order valence-corrected chi connectivity index (χ1v) is 7.52. The van der Waals surface area contributed by atoms with E-state index in [1.165, 1.54) is 11.3 Å². The second-order valence-corrected chi connectivity index (χ2v) is 6.01. The van der Waals surface area contributed by atoms with Crippen LogP contribution < -0.4 is 0 Å². The van der Waals surface area contributed by atoms with E-state index in [2.05, 4.69) is 0 Å². The average molecular weight is 281 g/mol. The molecule has 5 heteroatoms. The van der Waals surface area contributed by atoms with Crippen LogP contribution in [0.2, 0.25) is 0 Å². The van der Waals surface area contributed by atoms with Gasteiger partial charge in [-0.25, -0.2) is 0 Å². The number of carboxylic acid groups (broad SMARTS) is 1. The van der Waals surface area contributed by atoms with Gasteiger partial charge in [0.15, 0.2) is 0 Å². The van der Waals surface area contributed by atoms with Crippen LogP contribution in [0.4, 0.5) is 0 Å². The zero-order valence-electron chi connectivity index (χ0n) is 11.2. The predicted molar refractivity (Wildman–Crippen MR) is 74.0 cm³/mol. The van der Waals surface area contributed by atoms with Gasteiger partial charge in [0.05, 0.1) is 12.0 Å². The molecule has 1 aromatic rings. The van der Waals surface area contributed by atoms with E-state index in [1.807, 2.05) is 30.7 Å². The SMILES string of the molecule is CC(C)N1C(=O)CCCC(C(=O)O)C1c1ccsc1. The van der Waals surface area contributed by atoms with Gasteiger partial charge in [0.25, 0.3) is 0 Å². The predicted octanol–water partition coefficient (Wildman–Crippen LogP) is 2.91. The lowest BCUT2D eigenvalue weighted by Gasteiger charge is -2.36.